The van der Waals surface area contributed by atoms with Gasteiger partial charge in [-0.1, -0.05) is 36.4 Å². The van der Waals surface area contributed by atoms with E-state index in [9.17, 15) is 4.79 Å². The first kappa shape index (κ1) is 14.4. The number of benzene rings is 2. The maximum absolute atomic E-state index is 12.8. The zero-order chi connectivity index (χ0) is 16.5. The van der Waals surface area contributed by atoms with Crippen molar-refractivity contribution in [2.45, 2.75) is 0 Å². The predicted octanol–water partition coefficient (Wildman–Crippen LogP) is 4.27. The largest absolute Gasteiger partial charge is 0.318 e. The molecule has 0 radical (unpaired) electrons. The second kappa shape index (κ2) is 5.78. The number of fused-ring (bicyclic) bond motifs is 1. The SMILES string of the molecule is Cn1ccc(-c2ccncc2)c(-c2ccc3ccccc3c2)c1=O. The summed E-state index contributed by atoms with van der Waals surface area (Å²) in [6.45, 7) is 0. The molecule has 0 aliphatic heterocycles. The highest BCUT2D eigenvalue weighted by Gasteiger charge is 2.13. The Morgan fingerprint density at radius 1 is 0.833 bits per heavy atom. The minimum atomic E-state index is -0.000377. The highest BCUT2D eigenvalue weighted by molar-refractivity contribution is 5.90. The van der Waals surface area contributed by atoms with Crippen LogP contribution in [-0.2, 0) is 7.05 Å². The summed E-state index contributed by atoms with van der Waals surface area (Å²) in [6, 6.07) is 20.2. The molecule has 116 valence electrons. The average molecular weight is 312 g/mol. The lowest BCUT2D eigenvalue weighted by atomic mass is 9.95. The zero-order valence-corrected chi connectivity index (χ0v) is 13.3. The fraction of sp³-hybridized carbons (Fsp3) is 0.0476. The summed E-state index contributed by atoms with van der Waals surface area (Å²) in [5, 5.41) is 2.29. The number of rotatable bonds is 2. The van der Waals surface area contributed by atoms with Gasteiger partial charge in [-0.2, -0.15) is 0 Å². The van der Waals surface area contributed by atoms with Crippen LogP contribution in [0.4, 0.5) is 0 Å². The van der Waals surface area contributed by atoms with Crippen molar-refractivity contribution >= 4 is 10.8 Å². The molecule has 0 fully saturated rings. The maximum atomic E-state index is 12.8. The lowest BCUT2D eigenvalue weighted by Crippen LogP contribution is -2.18. The van der Waals surface area contributed by atoms with E-state index in [1.807, 2.05) is 42.6 Å². The molecule has 2 aromatic carbocycles. The molecule has 2 aromatic heterocycles. The van der Waals surface area contributed by atoms with Crippen LogP contribution in [0.1, 0.15) is 0 Å². The fourth-order valence-electron chi connectivity index (χ4n) is 3.02. The fourth-order valence-corrected chi connectivity index (χ4v) is 3.02. The number of pyridine rings is 2. The van der Waals surface area contributed by atoms with Crippen molar-refractivity contribution in [2.75, 3.05) is 0 Å². The van der Waals surface area contributed by atoms with Crippen LogP contribution < -0.4 is 5.56 Å². The molecule has 4 rings (SSSR count). The van der Waals surface area contributed by atoms with Gasteiger partial charge in [-0.25, -0.2) is 0 Å². The van der Waals surface area contributed by atoms with Crippen molar-refractivity contribution in [1.29, 1.82) is 0 Å². The first-order chi connectivity index (χ1) is 11.7. The summed E-state index contributed by atoms with van der Waals surface area (Å²) in [5.41, 5.74) is 3.57. The third-order valence-electron chi connectivity index (χ3n) is 4.30. The van der Waals surface area contributed by atoms with Crippen LogP contribution in [0.2, 0.25) is 0 Å². The van der Waals surface area contributed by atoms with Crippen LogP contribution in [0.5, 0.6) is 0 Å². The smallest absolute Gasteiger partial charge is 0.258 e. The van der Waals surface area contributed by atoms with Gasteiger partial charge in [0.25, 0.3) is 5.56 Å². The summed E-state index contributed by atoms with van der Waals surface area (Å²) < 4.78 is 1.62. The molecule has 0 atom stereocenters. The van der Waals surface area contributed by atoms with Crippen LogP contribution in [-0.4, -0.2) is 9.55 Å². The Morgan fingerprint density at radius 2 is 1.58 bits per heavy atom. The van der Waals surface area contributed by atoms with E-state index in [1.165, 1.54) is 5.39 Å². The Labute approximate surface area is 139 Å². The summed E-state index contributed by atoms with van der Waals surface area (Å²) in [7, 11) is 1.78. The van der Waals surface area contributed by atoms with E-state index in [4.69, 9.17) is 0 Å². The Balaban J connectivity index is 2.02. The number of hydrogen-bond acceptors (Lipinski definition) is 2. The van der Waals surface area contributed by atoms with E-state index in [0.29, 0.717) is 0 Å². The van der Waals surface area contributed by atoms with Gasteiger partial charge in [0, 0.05) is 25.6 Å². The standard InChI is InChI=1S/C21H16N2O/c1-23-13-10-19(16-8-11-22-12-9-16)20(21(23)24)18-7-6-15-4-2-3-5-17(15)14-18/h2-14H,1H3. The third kappa shape index (κ3) is 2.40. The highest BCUT2D eigenvalue weighted by atomic mass is 16.1. The van der Waals surface area contributed by atoms with Crippen molar-refractivity contribution in [3.8, 4) is 22.3 Å². The van der Waals surface area contributed by atoms with E-state index in [2.05, 4.69) is 29.2 Å². The molecular weight excluding hydrogens is 296 g/mol. The van der Waals surface area contributed by atoms with Gasteiger partial charge in [-0.05, 0) is 51.7 Å². The van der Waals surface area contributed by atoms with Gasteiger partial charge in [0.2, 0.25) is 0 Å². The van der Waals surface area contributed by atoms with Gasteiger partial charge < -0.3 is 4.57 Å². The van der Waals surface area contributed by atoms with Gasteiger partial charge in [-0.15, -0.1) is 0 Å². The van der Waals surface area contributed by atoms with Gasteiger partial charge in [0.1, 0.15) is 0 Å². The Hall–Kier alpha value is -3.20. The Bertz CT molecular complexity index is 1080. The molecule has 3 nitrogen and oxygen atoms in total. The van der Waals surface area contributed by atoms with Crippen molar-refractivity contribution < 1.29 is 0 Å². The maximum Gasteiger partial charge on any atom is 0.258 e. The zero-order valence-electron chi connectivity index (χ0n) is 13.3. The molecule has 2 heterocycles. The molecule has 0 saturated carbocycles. The minimum Gasteiger partial charge on any atom is -0.318 e. The predicted molar refractivity (Wildman–Crippen MR) is 97.9 cm³/mol. The molecule has 0 saturated heterocycles. The second-order valence-corrected chi connectivity index (χ2v) is 5.82. The molecule has 0 spiro atoms. The molecule has 0 unspecified atom stereocenters. The highest BCUT2D eigenvalue weighted by Crippen LogP contribution is 2.30. The molecule has 3 heteroatoms. The lowest BCUT2D eigenvalue weighted by Gasteiger charge is -2.12. The number of aromatic nitrogens is 2. The quantitative estimate of drug-likeness (QED) is 0.554. The summed E-state index contributed by atoms with van der Waals surface area (Å²) in [4.78, 5) is 16.9. The molecule has 24 heavy (non-hydrogen) atoms. The van der Waals surface area contributed by atoms with E-state index in [1.54, 1.807) is 24.0 Å². The monoisotopic (exact) mass is 312 g/mol. The van der Waals surface area contributed by atoms with Crippen LogP contribution in [0.15, 0.2) is 84.0 Å². The lowest BCUT2D eigenvalue weighted by molar-refractivity contribution is 0.864. The van der Waals surface area contributed by atoms with E-state index < -0.39 is 0 Å². The molecule has 0 bridgehead atoms. The summed E-state index contributed by atoms with van der Waals surface area (Å²) in [6.07, 6.45) is 5.30. The van der Waals surface area contributed by atoms with E-state index in [0.717, 1.165) is 27.6 Å². The summed E-state index contributed by atoms with van der Waals surface area (Å²) >= 11 is 0. The molecule has 0 N–H and O–H groups in total. The van der Waals surface area contributed by atoms with Gasteiger partial charge in [-0.3, -0.25) is 9.78 Å². The van der Waals surface area contributed by atoms with Crippen molar-refractivity contribution in [1.82, 2.24) is 9.55 Å². The van der Waals surface area contributed by atoms with Crippen LogP contribution in [0.25, 0.3) is 33.0 Å². The van der Waals surface area contributed by atoms with Crippen molar-refractivity contribution in [2.24, 2.45) is 7.05 Å². The molecule has 0 aliphatic rings. The molecule has 0 amide bonds. The Morgan fingerprint density at radius 3 is 2.38 bits per heavy atom. The topological polar surface area (TPSA) is 34.9 Å². The molecule has 4 aromatic rings. The third-order valence-corrected chi connectivity index (χ3v) is 4.30. The normalized spacial score (nSPS) is 10.9. The van der Waals surface area contributed by atoms with E-state index in [-0.39, 0.29) is 5.56 Å². The molecule has 0 aliphatic carbocycles. The number of aryl methyl sites for hydroxylation is 1. The van der Waals surface area contributed by atoms with Crippen LogP contribution in [0, 0.1) is 0 Å². The van der Waals surface area contributed by atoms with Crippen LogP contribution >= 0.6 is 0 Å². The van der Waals surface area contributed by atoms with Crippen molar-refractivity contribution in [3.63, 3.8) is 0 Å². The van der Waals surface area contributed by atoms with Gasteiger partial charge in [0.05, 0.1) is 5.56 Å². The summed E-state index contributed by atoms with van der Waals surface area (Å²) in [5.74, 6) is 0. The first-order valence-electron chi connectivity index (χ1n) is 7.83. The first-order valence-corrected chi connectivity index (χ1v) is 7.83. The van der Waals surface area contributed by atoms with Crippen molar-refractivity contribution in [3.05, 3.63) is 89.6 Å². The van der Waals surface area contributed by atoms with Gasteiger partial charge >= 0.3 is 0 Å². The second-order valence-electron chi connectivity index (χ2n) is 5.82. The van der Waals surface area contributed by atoms with E-state index >= 15 is 0 Å². The average Bonchev–Trinajstić information content (AvgIpc) is 2.64. The minimum absolute atomic E-state index is 0.000377. The number of hydrogen-bond donors (Lipinski definition) is 0. The van der Waals surface area contributed by atoms with Crippen LogP contribution in [0.3, 0.4) is 0 Å². The Kier molecular flexibility index (Phi) is 3.47. The molecular formula is C21H16N2O. The van der Waals surface area contributed by atoms with Gasteiger partial charge in [0.15, 0.2) is 0 Å². The number of nitrogens with zero attached hydrogens (tertiary/aromatic N) is 2.